The molecule has 2 rings (SSSR count). The third kappa shape index (κ3) is 2.48. The molecule has 0 aliphatic rings. The zero-order chi connectivity index (χ0) is 12.4. The molecular formula is C10H12ClN5S. The average Bonchev–Trinajstić information content (AvgIpc) is 2.61. The van der Waals surface area contributed by atoms with Gasteiger partial charge in [-0.25, -0.2) is 4.98 Å². The molecule has 0 aliphatic carbocycles. The van der Waals surface area contributed by atoms with Gasteiger partial charge in [-0.15, -0.1) is 0 Å². The Kier molecular flexibility index (Phi) is 3.44. The molecule has 0 unspecified atom stereocenters. The van der Waals surface area contributed by atoms with Gasteiger partial charge in [-0.3, -0.25) is 5.10 Å². The highest BCUT2D eigenvalue weighted by Crippen LogP contribution is 2.24. The molecular weight excluding hydrogens is 258 g/mol. The van der Waals surface area contributed by atoms with E-state index in [0.29, 0.717) is 21.7 Å². The molecule has 3 N–H and O–H groups in total. The standard InChI is InChI=1S/C10H12ClN5S/c1-3-12-10(17)14-9-7-5(2)4-6(11)13-8(7)15-16-9/h4H,3H2,1-2H3,(H3,12,13,14,15,16,17). The van der Waals surface area contributed by atoms with Crippen LogP contribution in [0, 0.1) is 6.92 Å². The van der Waals surface area contributed by atoms with Crippen molar-refractivity contribution in [3.8, 4) is 0 Å². The van der Waals surface area contributed by atoms with Crippen molar-refractivity contribution in [3.63, 3.8) is 0 Å². The zero-order valence-corrected chi connectivity index (χ0v) is 11.0. The largest absolute Gasteiger partial charge is 0.363 e. The van der Waals surface area contributed by atoms with Gasteiger partial charge in [0.2, 0.25) is 0 Å². The first-order valence-corrected chi connectivity index (χ1v) is 5.96. The minimum atomic E-state index is 0.444. The lowest BCUT2D eigenvalue weighted by molar-refractivity contribution is 0.977. The van der Waals surface area contributed by atoms with E-state index in [1.54, 1.807) is 6.07 Å². The minimum Gasteiger partial charge on any atom is -0.363 e. The monoisotopic (exact) mass is 269 g/mol. The van der Waals surface area contributed by atoms with Crippen molar-refractivity contribution in [1.82, 2.24) is 20.5 Å². The number of halogens is 1. The SMILES string of the molecule is CCNC(=S)Nc1n[nH]c2nc(Cl)cc(C)c12. The van der Waals surface area contributed by atoms with E-state index in [1.165, 1.54) is 0 Å². The molecule has 0 aromatic carbocycles. The van der Waals surface area contributed by atoms with Gasteiger partial charge in [-0.1, -0.05) is 11.6 Å². The molecule has 17 heavy (non-hydrogen) atoms. The normalized spacial score (nSPS) is 10.5. The number of pyridine rings is 1. The van der Waals surface area contributed by atoms with Gasteiger partial charge in [-0.2, -0.15) is 5.10 Å². The molecule has 2 heterocycles. The maximum Gasteiger partial charge on any atom is 0.171 e. The summed E-state index contributed by atoms with van der Waals surface area (Å²) in [5.74, 6) is 0.660. The third-order valence-corrected chi connectivity index (χ3v) is 2.71. The van der Waals surface area contributed by atoms with E-state index >= 15 is 0 Å². The van der Waals surface area contributed by atoms with E-state index in [4.69, 9.17) is 23.8 Å². The van der Waals surface area contributed by atoms with Crippen molar-refractivity contribution in [1.29, 1.82) is 0 Å². The predicted molar refractivity (Wildman–Crippen MR) is 73.5 cm³/mol. The highest BCUT2D eigenvalue weighted by atomic mass is 35.5. The van der Waals surface area contributed by atoms with Crippen LogP contribution in [0.25, 0.3) is 11.0 Å². The summed E-state index contributed by atoms with van der Waals surface area (Å²) in [4.78, 5) is 4.15. The maximum absolute atomic E-state index is 5.87. The van der Waals surface area contributed by atoms with E-state index in [2.05, 4.69) is 25.8 Å². The van der Waals surface area contributed by atoms with Crippen molar-refractivity contribution in [3.05, 3.63) is 16.8 Å². The highest BCUT2D eigenvalue weighted by molar-refractivity contribution is 7.80. The molecule has 5 nitrogen and oxygen atoms in total. The molecule has 0 aliphatic heterocycles. The Bertz CT molecular complexity index is 565. The fourth-order valence-corrected chi connectivity index (χ4v) is 2.07. The molecule has 0 bridgehead atoms. The second-order valence-corrected chi connectivity index (χ2v) is 4.34. The summed E-state index contributed by atoms with van der Waals surface area (Å²) in [6, 6.07) is 1.79. The van der Waals surface area contributed by atoms with Gasteiger partial charge >= 0.3 is 0 Å². The van der Waals surface area contributed by atoms with Crippen LogP contribution in [-0.2, 0) is 0 Å². The summed E-state index contributed by atoms with van der Waals surface area (Å²) in [6.07, 6.45) is 0. The first-order chi connectivity index (χ1) is 8.11. The summed E-state index contributed by atoms with van der Waals surface area (Å²) < 4.78 is 0. The summed E-state index contributed by atoms with van der Waals surface area (Å²) >= 11 is 11.0. The quantitative estimate of drug-likeness (QED) is 0.576. The molecule has 0 saturated heterocycles. The minimum absolute atomic E-state index is 0.444. The van der Waals surface area contributed by atoms with Crippen LogP contribution in [0.15, 0.2) is 6.07 Å². The Morgan fingerprint density at radius 2 is 2.35 bits per heavy atom. The lowest BCUT2D eigenvalue weighted by Gasteiger charge is -2.06. The van der Waals surface area contributed by atoms with Crippen LogP contribution in [0.5, 0.6) is 0 Å². The fraction of sp³-hybridized carbons (Fsp3) is 0.300. The molecule has 90 valence electrons. The number of anilines is 1. The predicted octanol–water partition coefficient (Wildman–Crippen LogP) is 2.23. The van der Waals surface area contributed by atoms with Gasteiger partial charge in [-0.05, 0) is 37.7 Å². The van der Waals surface area contributed by atoms with Gasteiger partial charge in [0.1, 0.15) is 5.15 Å². The number of aromatic amines is 1. The van der Waals surface area contributed by atoms with E-state index < -0.39 is 0 Å². The number of nitrogens with one attached hydrogen (secondary N) is 3. The molecule has 0 spiro atoms. The number of fused-ring (bicyclic) bond motifs is 1. The molecule has 0 fully saturated rings. The van der Waals surface area contributed by atoms with Crippen LogP contribution in [0.4, 0.5) is 5.82 Å². The number of H-pyrrole nitrogens is 1. The Morgan fingerprint density at radius 3 is 3.06 bits per heavy atom. The van der Waals surface area contributed by atoms with Crippen molar-refractivity contribution in [2.75, 3.05) is 11.9 Å². The highest BCUT2D eigenvalue weighted by Gasteiger charge is 2.11. The fourth-order valence-electron chi connectivity index (χ4n) is 1.58. The molecule has 0 atom stereocenters. The van der Waals surface area contributed by atoms with E-state index in [1.807, 2.05) is 13.8 Å². The number of hydrogen-bond donors (Lipinski definition) is 3. The molecule has 0 radical (unpaired) electrons. The topological polar surface area (TPSA) is 65.6 Å². The van der Waals surface area contributed by atoms with Crippen LogP contribution in [-0.4, -0.2) is 26.8 Å². The summed E-state index contributed by atoms with van der Waals surface area (Å²) in [6.45, 7) is 4.69. The second-order valence-electron chi connectivity index (χ2n) is 3.54. The van der Waals surface area contributed by atoms with Gasteiger partial charge in [0.15, 0.2) is 16.6 Å². The Balaban J connectivity index is 2.39. The summed E-state index contributed by atoms with van der Waals surface area (Å²) in [5, 5.41) is 14.9. The summed E-state index contributed by atoms with van der Waals surface area (Å²) in [5.41, 5.74) is 1.65. The first-order valence-electron chi connectivity index (χ1n) is 5.18. The number of thiocarbonyl (C=S) groups is 1. The number of aromatic nitrogens is 3. The lowest BCUT2D eigenvalue weighted by atomic mass is 10.2. The molecule has 7 heteroatoms. The van der Waals surface area contributed by atoms with Crippen molar-refractivity contribution in [2.45, 2.75) is 13.8 Å². The van der Waals surface area contributed by atoms with Crippen LogP contribution < -0.4 is 10.6 Å². The van der Waals surface area contributed by atoms with Crippen molar-refractivity contribution >= 4 is 45.8 Å². The van der Waals surface area contributed by atoms with Crippen LogP contribution >= 0.6 is 23.8 Å². The van der Waals surface area contributed by atoms with Gasteiger partial charge in [0, 0.05) is 6.54 Å². The zero-order valence-electron chi connectivity index (χ0n) is 9.47. The van der Waals surface area contributed by atoms with Crippen LogP contribution in [0.1, 0.15) is 12.5 Å². The smallest absolute Gasteiger partial charge is 0.171 e. The lowest BCUT2D eigenvalue weighted by Crippen LogP contribution is -2.28. The Morgan fingerprint density at radius 1 is 1.59 bits per heavy atom. The van der Waals surface area contributed by atoms with Crippen LogP contribution in [0.3, 0.4) is 0 Å². The molecule has 0 amide bonds. The van der Waals surface area contributed by atoms with Gasteiger partial charge in [0.25, 0.3) is 0 Å². The number of hydrogen-bond acceptors (Lipinski definition) is 3. The molecule has 2 aromatic heterocycles. The third-order valence-electron chi connectivity index (χ3n) is 2.27. The first kappa shape index (κ1) is 12.1. The number of nitrogens with zero attached hydrogens (tertiary/aromatic N) is 2. The molecule has 2 aromatic rings. The van der Waals surface area contributed by atoms with E-state index in [9.17, 15) is 0 Å². The maximum atomic E-state index is 5.87. The average molecular weight is 270 g/mol. The van der Waals surface area contributed by atoms with Gasteiger partial charge in [0.05, 0.1) is 5.39 Å². The van der Waals surface area contributed by atoms with Crippen molar-refractivity contribution in [2.24, 2.45) is 0 Å². The second kappa shape index (κ2) is 4.85. The van der Waals surface area contributed by atoms with E-state index in [-0.39, 0.29) is 0 Å². The van der Waals surface area contributed by atoms with Crippen molar-refractivity contribution < 1.29 is 0 Å². The van der Waals surface area contributed by atoms with E-state index in [0.717, 1.165) is 17.5 Å². The molecule has 0 saturated carbocycles. The Hall–Kier alpha value is -1.40. The summed E-state index contributed by atoms with van der Waals surface area (Å²) in [7, 11) is 0. The number of rotatable bonds is 2. The number of aryl methyl sites for hydroxylation is 1. The Labute approximate surface area is 109 Å². The van der Waals surface area contributed by atoms with Gasteiger partial charge < -0.3 is 10.6 Å². The van der Waals surface area contributed by atoms with Crippen LogP contribution in [0.2, 0.25) is 5.15 Å².